The first-order valence-electron chi connectivity index (χ1n) is 5.27. The zero-order valence-electron chi connectivity index (χ0n) is 9.75. The van der Waals surface area contributed by atoms with Gasteiger partial charge >= 0.3 is 0 Å². The van der Waals surface area contributed by atoms with Crippen molar-refractivity contribution in [3.8, 4) is 0 Å². The van der Waals surface area contributed by atoms with E-state index in [-0.39, 0.29) is 0 Å². The van der Waals surface area contributed by atoms with Gasteiger partial charge in [0.25, 0.3) is 0 Å². The third-order valence-corrected chi connectivity index (χ3v) is 2.52. The lowest BCUT2D eigenvalue weighted by molar-refractivity contribution is 0.518. The highest BCUT2D eigenvalue weighted by atomic mass is 15.4. The Morgan fingerprint density at radius 1 is 1.44 bits per heavy atom. The third-order valence-electron chi connectivity index (χ3n) is 2.52. The molecule has 0 aromatic carbocycles. The van der Waals surface area contributed by atoms with Gasteiger partial charge in [-0.1, -0.05) is 5.21 Å². The lowest BCUT2D eigenvalue weighted by Crippen LogP contribution is -2.07. The fourth-order valence-corrected chi connectivity index (χ4v) is 1.43. The van der Waals surface area contributed by atoms with Crippen LogP contribution in [0, 0.1) is 6.92 Å². The Morgan fingerprint density at radius 3 is 2.69 bits per heavy atom. The van der Waals surface area contributed by atoms with Crippen molar-refractivity contribution >= 4 is 5.82 Å². The molecule has 2 N–H and O–H groups in total. The van der Waals surface area contributed by atoms with E-state index in [1.165, 1.54) is 0 Å². The highest BCUT2D eigenvalue weighted by Gasteiger charge is 2.07. The molecule has 0 saturated heterocycles. The van der Waals surface area contributed by atoms with E-state index in [0.717, 1.165) is 11.4 Å². The number of aromatic nitrogens is 5. The largest absolute Gasteiger partial charge is 0.381 e. The molecule has 0 aliphatic carbocycles. The maximum atomic E-state index is 5.63. The number of nitrogen functional groups attached to an aromatic ring is 1. The van der Waals surface area contributed by atoms with Crippen molar-refractivity contribution in [2.24, 2.45) is 0 Å². The van der Waals surface area contributed by atoms with E-state index in [1.54, 1.807) is 4.68 Å². The summed E-state index contributed by atoms with van der Waals surface area (Å²) in [5.41, 5.74) is 7.46. The minimum atomic E-state index is 0.371. The average Bonchev–Trinajstić information content (AvgIpc) is 2.81. The summed E-state index contributed by atoms with van der Waals surface area (Å²) in [6, 6.07) is 2.35. The van der Waals surface area contributed by atoms with E-state index in [0.29, 0.717) is 18.4 Å². The molecule has 0 fully saturated rings. The second-order valence-corrected chi connectivity index (χ2v) is 4.10. The van der Waals surface area contributed by atoms with Gasteiger partial charge in [-0.25, -0.2) is 4.68 Å². The number of anilines is 1. The predicted molar refractivity (Wildman–Crippen MR) is 60.9 cm³/mol. The molecule has 6 heteroatoms. The van der Waals surface area contributed by atoms with E-state index in [4.69, 9.17) is 5.73 Å². The molecule has 0 saturated carbocycles. The second kappa shape index (κ2) is 3.96. The summed E-state index contributed by atoms with van der Waals surface area (Å²) >= 11 is 0. The standard InChI is InChI=1S/C10H16N6/c1-7(2)15-5-4-9(13-15)6-16-8(3)10(11)12-14-16/h4-5,7H,6,11H2,1-3H3. The number of nitrogens with zero attached hydrogens (tertiary/aromatic N) is 5. The molecule has 0 unspecified atom stereocenters. The van der Waals surface area contributed by atoms with Crippen molar-refractivity contribution in [3.63, 3.8) is 0 Å². The summed E-state index contributed by atoms with van der Waals surface area (Å²) in [4.78, 5) is 0. The quantitative estimate of drug-likeness (QED) is 0.837. The van der Waals surface area contributed by atoms with Gasteiger partial charge in [-0.05, 0) is 26.8 Å². The van der Waals surface area contributed by atoms with Crippen molar-refractivity contribution in [3.05, 3.63) is 23.7 Å². The van der Waals surface area contributed by atoms with Crippen LogP contribution in [-0.4, -0.2) is 24.8 Å². The molecule has 0 spiro atoms. The molecule has 0 atom stereocenters. The molecule has 2 aromatic heterocycles. The van der Waals surface area contributed by atoms with E-state index in [1.807, 2.05) is 23.9 Å². The molecule has 0 amide bonds. The fourth-order valence-electron chi connectivity index (χ4n) is 1.43. The molecule has 0 bridgehead atoms. The lowest BCUT2D eigenvalue weighted by Gasteiger charge is -2.04. The zero-order valence-corrected chi connectivity index (χ0v) is 9.75. The van der Waals surface area contributed by atoms with Crippen LogP contribution in [0.3, 0.4) is 0 Å². The molecule has 6 nitrogen and oxygen atoms in total. The van der Waals surface area contributed by atoms with Crippen LogP contribution in [0.5, 0.6) is 0 Å². The van der Waals surface area contributed by atoms with Gasteiger partial charge in [0, 0.05) is 12.2 Å². The monoisotopic (exact) mass is 220 g/mol. The van der Waals surface area contributed by atoms with Crippen molar-refractivity contribution in [1.29, 1.82) is 0 Å². The van der Waals surface area contributed by atoms with Crippen molar-refractivity contribution in [2.45, 2.75) is 33.4 Å². The Bertz CT molecular complexity index is 481. The SMILES string of the molecule is Cc1c(N)nnn1Cc1ccn(C(C)C)n1. The first kappa shape index (κ1) is 10.7. The maximum Gasteiger partial charge on any atom is 0.168 e. The molecule has 2 aromatic rings. The van der Waals surface area contributed by atoms with Gasteiger partial charge in [-0.15, -0.1) is 5.10 Å². The molecule has 2 rings (SSSR count). The van der Waals surface area contributed by atoms with Crippen molar-refractivity contribution in [2.75, 3.05) is 5.73 Å². The van der Waals surface area contributed by atoms with Gasteiger partial charge in [0.1, 0.15) is 0 Å². The molecule has 0 aliphatic heterocycles. The Labute approximate surface area is 94.1 Å². The molecule has 0 aliphatic rings. The molecular formula is C10H16N6. The summed E-state index contributed by atoms with van der Waals surface area (Å²) in [6.07, 6.45) is 1.97. The van der Waals surface area contributed by atoms with Gasteiger partial charge in [0.2, 0.25) is 0 Å². The summed E-state index contributed by atoms with van der Waals surface area (Å²) in [6.45, 7) is 6.69. The van der Waals surface area contributed by atoms with E-state index < -0.39 is 0 Å². The summed E-state index contributed by atoms with van der Waals surface area (Å²) < 4.78 is 3.67. The van der Waals surface area contributed by atoms with Gasteiger partial charge in [0.15, 0.2) is 5.82 Å². The topological polar surface area (TPSA) is 74.5 Å². The van der Waals surface area contributed by atoms with Gasteiger partial charge in [-0.2, -0.15) is 5.10 Å². The molecule has 16 heavy (non-hydrogen) atoms. The Morgan fingerprint density at radius 2 is 2.19 bits per heavy atom. The van der Waals surface area contributed by atoms with Gasteiger partial charge < -0.3 is 5.73 Å². The van der Waals surface area contributed by atoms with Crippen LogP contribution in [0.25, 0.3) is 0 Å². The summed E-state index contributed by atoms with van der Waals surface area (Å²) in [5.74, 6) is 0.475. The van der Waals surface area contributed by atoms with E-state index in [9.17, 15) is 0 Å². The van der Waals surface area contributed by atoms with Crippen LogP contribution >= 0.6 is 0 Å². The maximum absolute atomic E-state index is 5.63. The van der Waals surface area contributed by atoms with Crippen LogP contribution < -0.4 is 5.73 Å². The zero-order chi connectivity index (χ0) is 11.7. The van der Waals surface area contributed by atoms with Crippen LogP contribution in [0.1, 0.15) is 31.3 Å². The smallest absolute Gasteiger partial charge is 0.168 e. The number of nitrogens with two attached hydrogens (primary N) is 1. The first-order valence-corrected chi connectivity index (χ1v) is 5.27. The minimum Gasteiger partial charge on any atom is -0.381 e. The summed E-state index contributed by atoms with van der Waals surface area (Å²) in [5, 5.41) is 12.2. The predicted octanol–water partition coefficient (Wildman–Crippen LogP) is 0.994. The molecule has 86 valence electrons. The Kier molecular flexibility index (Phi) is 2.64. The Hall–Kier alpha value is -1.85. The normalized spacial score (nSPS) is 11.2. The van der Waals surface area contributed by atoms with E-state index >= 15 is 0 Å². The number of rotatable bonds is 3. The highest BCUT2D eigenvalue weighted by molar-refractivity contribution is 5.31. The molecule has 0 radical (unpaired) electrons. The number of hydrogen-bond acceptors (Lipinski definition) is 4. The fraction of sp³-hybridized carbons (Fsp3) is 0.500. The molecule has 2 heterocycles. The third kappa shape index (κ3) is 1.91. The minimum absolute atomic E-state index is 0.371. The van der Waals surface area contributed by atoms with Crippen molar-refractivity contribution in [1.82, 2.24) is 24.8 Å². The van der Waals surface area contributed by atoms with Crippen LogP contribution in [0.4, 0.5) is 5.82 Å². The van der Waals surface area contributed by atoms with E-state index in [2.05, 4.69) is 29.3 Å². The van der Waals surface area contributed by atoms with Gasteiger partial charge in [0.05, 0.1) is 17.9 Å². The second-order valence-electron chi connectivity index (χ2n) is 4.10. The Balaban J connectivity index is 2.17. The first-order chi connectivity index (χ1) is 7.58. The lowest BCUT2D eigenvalue weighted by atomic mass is 10.4. The molecular weight excluding hydrogens is 204 g/mol. The van der Waals surface area contributed by atoms with Crippen LogP contribution in [0.2, 0.25) is 0 Å². The van der Waals surface area contributed by atoms with Gasteiger partial charge in [-0.3, -0.25) is 4.68 Å². The van der Waals surface area contributed by atoms with Crippen molar-refractivity contribution < 1.29 is 0 Å². The number of hydrogen-bond donors (Lipinski definition) is 1. The highest BCUT2D eigenvalue weighted by Crippen LogP contribution is 2.09. The van der Waals surface area contributed by atoms with Crippen LogP contribution in [0.15, 0.2) is 12.3 Å². The summed E-state index contributed by atoms with van der Waals surface area (Å²) in [7, 11) is 0. The van der Waals surface area contributed by atoms with Crippen LogP contribution in [-0.2, 0) is 6.54 Å². The average molecular weight is 220 g/mol.